The van der Waals surface area contributed by atoms with Gasteiger partial charge in [0.2, 0.25) is 0 Å². The molecule has 25 heavy (non-hydrogen) atoms. The molecule has 1 heterocycles. The molecule has 3 aromatic carbocycles. The van der Waals surface area contributed by atoms with E-state index in [-0.39, 0.29) is 0 Å². The molecule has 0 aliphatic carbocycles. The first-order valence-corrected chi connectivity index (χ1v) is 8.23. The Morgan fingerprint density at radius 2 is 1.80 bits per heavy atom. The van der Waals surface area contributed by atoms with Gasteiger partial charge in [0.05, 0.1) is 18.1 Å². The first-order chi connectivity index (χ1) is 12.3. The van der Waals surface area contributed by atoms with E-state index >= 15 is 0 Å². The van der Waals surface area contributed by atoms with E-state index in [0.29, 0.717) is 0 Å². The zero-order valence-corrected chi connectivity index (χ0v) is 14.0. The van der Waals surface area contributed by atoms with Crippen molar-refractivity contribution in [3.63, 3.8) is 0 Å². The third-order valence-corrected chi connectivity index (χ3v) is 4.23. The van der Waals surface area contributed by atoms with Crippen molar-refractivity contribution in [1.82, 2.24) is 9.55 Å². The van der Waals surface area contributed by atoms with Gasteiger partial charge in [-0.1, -0.05) is 24.3 Å². The van der Waals surface area contributed by atoms with Gasteiger partial charge in [0.25, 0.3) is 0 Å². The van der Waals surface area contributed by atoms with E-state index in [1.165, 1.54) is 5.56 Å². The Morgan fingerprint density at radius 3 is 2.64 bits per heavy atom. The van der Waals surface area contributed by atoms with E-state index in [0.717, 1.165) is 34.7 Å². The molecule has 0 fully saturated rings. The van der Waals surface area contributed by atoms with E-state index in [9.17, 15) is 0 Å². The minimum absolute atomic E-state index is 0.757. The topological polar surface area (TPSA) is 39.1 Å². The van der Waals surface area contributed by atoms with Gasteiger partial charge in [-0.25, -0.2) is 4.98 Å². The highest BCUT2D eigenvalue weighted by molar-refractivity contribution is 5.77. The van der Waals surface area contributed by atoms with Crippen molar-refractivity contribution in [2.75, 3.05) is 12.4 Å². The Labute approximate surface area is 146 Å². The van der Waals surface area contributed by atoms with Crippen LogP contribution >= 0.6 is 0 Å². The van der Waals surface area contributed by atoms with Gasteiger partial charge in [-0.15, -0.1) is 0 Å². The highest BCUT2D eigenvalue weighted by Gasteiger charge is 2.04. The number of nitrogens with one attached hydrogen (secondary N) is 1. The van der Waals surface area contributed by atoms with Crippen LogP contribution in [0.2, 0.25) is 0 Å². The summed E-state index contributed by atoms with van der Waals surface area (Å²) in [5.41, 5.74) is 5.51. The molecule has 0 amide bonds. The lowest BCUT2D eigenvalue weighted by Gasteiger charge is -2.10. The summed E-state index contributed by atoms with van der Waals surface area (Å²) in [7, 11) is 1.67. The fourth-order valence-electron chi connectivity index (χ4n) is 2.89. The number of aromatic nitrogens is 2. The van der Waals surface area contributed by atoms with E-state index < -0.39 is 0 Å². The van der Waals surface area contributed by atoms with E-state index in [2.05, 4.69) is 45.2 Å². The lowest BCUT2D eigenvalue weighted by atomic mass is 10.2. The summed E-state index contributed by atoms with van der Waals surface area (Å²) in [6.45, 7) is 0.757. The highest BCUT2D eigenvalue weighted by Crippen LogP contribution is 2.20. The van der Waals surface area contributed by atoms with Crippen LogP contribution in [0.5, 0.6) is 5.75 Å². The lowest BCUT2D eigenvalue weighted by molar-refractivity contribution is 0.415. The van der Waals surface area contributed by atoms with E-state index in [4.69, 9.17) is 4.74 Å². The number of hydrogen-bond donors (Lipinski definition) is 1. The number of anilines is 1. The highest BCUT2D eigenvalue weighted by atomic mass is 16.5. The number of ether oxygens (including phenoxy) is 1. The van der Waals surface area contributed by atoms with E-state index in [1.54, 1.807) is 7.11 Å². The molecule has 4 rings (SSSR count). The van der Waals surface area contributed by atoms with E-state index in [1.807, 2.05) is 48.8 Å². The van der Waals surface area contributed by atoms with Crippen LogP contribution in [0.15, 0.2) is 79.1 Å². The normalized spacial score (nSPS) is 10.8. The average Bonchev–Trinajstić information content (AvgIpc) is 3.11. The molecular weight excluding hydrogens is 310 g/mol. The summed E-state index contributed by atoms with van der Waals surface area (Å²) in [5, 5.41) is 3.44. The molecule has 1 N–H and O–H groups in total. The molecule has 1 aromatic heterocycles. The van der Waals surface area contributed by atoms with Gasteiger partial charge in [0, 0.05) is 17.9 Å². The molecule has 0 spiro atoms. The monoisotopic (exact) mass is 329 g/mol. The van der Waals surface area contributed by atoms with Crippen LogP contribution in [-0.2, 0) is 6.54 Å². The number of nitrogens with zero attached hydrogens (tertiary/aromatic N) is 2. The Hall–Kier alpha value is -3.27. The van der Waals surface area contributed by atoms with Crippen LogP contribution in [-0.4, -0.2) is 16.7 Å². The zero-order chi connectivity index (χ0) is 17.1. The quantitative estimate of drug-likeness (QED) is 0.579. The van der Waals surface area contributed by atoms with Crippen molar-refractivity contribution in [2.45, 2.75) is 6.54 Å². The van der Waals surface area contributed by atoms with Gasteiger partial charge in [-0.2, -0.15) is 0 Å². The number of para-hydroxylation sites is 2. The minimum Gasteiger partial charge on any atom is -0.497 e. The van der Waals surface area contributed by atoms with Crippen LogP contribution in [0.25, 0.3) is 16.7 Å². The zero-order valence-electron chi connectivity index (χ0n) is 14.0. The Balaban J connectivity index is 1.55. The maximum Gasteiger partial charge on any atom is 0.119 e. The van der Waals surface area contributed by atoms with Gasteiger partial charge in [0.1, 0.15) is 12.1 Å². The summed E-state index contributed by atoms with van der Waals surface area (Å²) in [6.07, 6.45) is 1.88. The van der Waals surface area contributed by atoms with Crippen LogP contribution in [0, 0.1) is 0 Å². The summed E-state index contributed by atoms with van der Waals surface area (Å²) < 4.78 is 7.30. The first kappa shape index (κ1) is 15.3. The van der Waals surface area contributed by atoms with Crippen molar-refractivity contribution in [3.05, 3.63) is 84.7 Å². The number of methoxy groups -OCH3 is 1. The molecular formula is C21H19N3O. The number of imidazole rings is 1. The van der Waals surface area contributed by atoms with Gasteiger partial charge in [-0.3, -0.25) is 4.57 Å². The minimum atomic E-state index is 0.757. The fourth-order valence-corrected chi connectivity index (χ4v) is 2.89. The molecule has 0 aliphatic heterocycles. The summed E-state index contributed by atoms with van der Waals surface area (Å²) in [6, 6.07) is 24.6. The van der Waals surface area contributed by atoms with Crippen molar-refractivity contribution >= 4 is 16.7 Å². The van der Waals surface area contributed by atoms with Gasteiger partial charge in [0.15, 0.2) is 0 Å². The molecule has 0 saturated heterocycles. The number of hydrogen-bond acceptors (Lipinski definition) is 3. The molecule has 0 unspecified atom stereocenters. The summed E-state index contributed by atoms with van der Waals surface area (Å²) >= 11 is 0. The lowest BCUT2D eigenvalue weighted by Crippen LogP contribution is -2.01. The van der Waals surface area contributed by atoms with Crippen LogP contribution < -0.4 is 10.1 Å². The molecule has 0 bridgehead atoms. The smallest absolute Gasteiger partial charge is 0.119 e. The second-order valence-corrected chi connectivity index (χ2v) is 5.86. The molecule has 0 aliphatic rings. The maximum absolute atomic E-state index is 5.19. The van der Waals surface area contributed by atoms with Crippen LogP contribution in [0.4, 0.5) is 5.69 Å². The van der Waals surface area contributed by atoms with Gasteiger partial charge < -0.3 is 10.1 Å². The molecule has 124 valence electrons. The second-order valence-electron chi connectivity index (χ2n) is 5.86. The van der Waals surface area contributed by atoms with Gasteiger partial charge >= 0.3 is 0 Å². The standard InChI is InChI=1S/C21H19N3O/c1-25-19-11-9-17(10-12-19)22-14-16-5-4-6-18(13-16)24-15-23-20-7-2-3-8-21(20)24/h2-13,15,22H,14H2,1H3. The second kappa shape index (κ2) is 6.69. The van der Waals surface area contributed by atoms with Crippen molar-refractivity contribution in [3.8, 4) is 11.4 Å². The number of fused-ring (bicyclic) bond motifs is 1. The van der Waals surface area contributed by atoms with Crippen molar-refractivity contribution in [2.24, 2.45) is 0 Å². The SMILES string of the molecule is COc1ccc(NCc2cccc(-n3cnc4ccccc43)c2)cc1. The predicted molar refractivity (Wildman–Crippen MR) is 101 cm³/mol. The number of benzene rings is 3. The van der Waals surface area contributed by atoms with Crippen molar-refractivity contribution < 1.29 is 4.74 Å². The molecule has 0 radical (unpaired) electrons. The summed E-state index contributed by atoms with van der Waals surface area (Å²) in [4.78, 5) is 4.47. The molecule has 4 nitrogen and oxygen atoms in total. The van der Waals surface area contributed by atoms with Crippen LogP contribution in [0.3, 0.4) is 0 Å². The molecule has 4 heteroatoms. The van der Waals surface area contributed by atoms with Crippen molar-refractivity contribution in [1.29, 1.82) is 0 Å². The van der Waals surface area contributed by atoms with Gasteiger partial charge in [-0.05, 0) is 54.1 Å². The Bertz CT molecular complexity index is 989. The maximum atomic E-state index is 5.19. The largest absolute Gasteiger partial charge is 0.497 e. The molecule has 0 atom stereocenters. The third-order valence-electron chi connectivity index (χ3n) is 4.23. The predicted octanol–water partition coefficient (Wildman–Crippen LogP) is 4.65. The fraction of sp³-hybridized carbons (Fsp3) is 0.0952. The Morgan fingerprint density at radius 1 is 0.960 bits per heavy atom. The molecule has 0 saturated carbocycles. The number of rotatable bonds is 5. The first-order valence-electron chi connectivity index (χ1n) is 8.23. The average molecular weight is 329 g/mol. The molecule has 4 aromatic rings. The Kier molecular flexibility index (Phi) is 4.09. The summed E-state index contributed by atoms with van der Waals surface area (Å²) in [5.74, 6) is 0.861. The third kappa shape index (κ3) is 3.19. The van der Waals surface area contributed by atoms with Crippen LogP contribution in [0.1, 0.15) is 5.56 Å².